The van der Waals surface area contributed by atoms with Gasteiger partial charge in [0.15, 0.2) is 0 Å². The highest BCUT2D eigenvalue weighted by atomic mass is 32.2. The Hall–Kier alpha value is -2.18. The number of nitrogens with zero attached hydrogens (tertiary/aromatic N) is 1. The molecule has 0 atom stereocenters. The highest BCUT2D eigenvalue weighted by Gasteiger charge is 2.08. The van der Waals surface area contributed by atoms with E-state index in [1.807, 2.05) is 31.2 Å². The first-order valence-corrected chi connectivity index (χ1v) is 7.58. The van der Waals surface area contributed by atoms with E-state index in [0.29, 0.717) is 5.69 Å². The molecule has 1 heterocycles. The van der Waals surface area contributed by atoms with Gasteiger partial charge in [-0.15, -0.1) is 0 Å². The number of fused-ring (bicyclic) bond motifs is 2. The fourth-order valence-electron chi connectivity index (χ4n) is 2.32. The van der Waals surface area contributed by atoms with Crippen LogP contribution in [-0.2, 0) is 10.2 Å². The van der Waals surface area contributed by atoms with Crippen molar-refractivity contribution in [1.82, 2.24) is 4.98 Å². The van der Waals surface area contributed by atoms with Crippen molar-refractivity contribution in [2.75, 3.05) is 4.72 Å². The fraction of sp³-hybridized carbons (Fsp3) is 0.0714. The standard InChI is InChI=1S/C14H13N3O2S/c1-9-11-4-2-3-5-13(11)16-14-7-6-10(8-12(9)14)17-20(15,18)19/h2-8,17H,1H3,(H2,15,18,19). The van der Waals surface area contributed by atoms with Gasteiger partial charge in [-0.05, 0) is 36.8 Å². The van der Waals surface area contributed by atoms with Crippen LogP contribution in [0.1, 0.15) is 5.56 Å². The Kier molecular flexibility index (Phi) is 2.84. The van der Waals surface area contributed by atoms with Crippen LogP contribution in [0.3, 0.4) is 0 Å². The summed E-state index contributed by atoms with van der Waals surface area (Å²) >= 11 is 0. The van der Waals surface area contributed by atoms with E-state index < -0.39 is 10.2 Å². The number of rotatable bonds is 2. The number of pyridine rings is 1. The van der Waals surface area contributed by atoms with E-state index >= 15 is 0 Å². The first-order chi connectivity index (χ1) is 9.44. The van der Waals surface area contributed by atoms with Crippen molar-refractivity contribution in [3.8, 4) is 0 Å². The van der Waals surface area contributed by atoms with Gasteiger partial charge in [0.1, 0.15) is 0 Å². The lowest BCUT2D eigenvalue weighted by Gasteiger charge is -2.09. The number of nitrogens with two attached hydrogens (primary N) is 1. The summed E-state index contributed by atoms with van der Waals surface area (Å²) in [5, 5.41) is 6.93. The number of benzene rings is 2. The molecule has 1 aromatic heterocycles. The average molecular weight is 287 g/mol. The van der Waals surface area contributed by atoms with Crippen molar-refractivity contribution in [2.45, 2.75) is 6.92 Å². The third-order valence-electron chi connectivity index (χ3n) is 3.21. The molecule has 0 spiro atoms. The first-order valence-electron chi connectivity index (χ1n) is 6.04. The summed E-state index contributed by atoms with van der Waals surface area (Å²) in [6.07, 6.45) is 0. The van der Waals surface area contributed by atoms with Crippen LogP contribution >= 0.6 is 0 Å². The number of nitrogens with one attached hydrogen (secondary N) is 1. The van der Waals surface area contributed by atoms with E-state index in [0.717, 1.165) is 27.4 Å². The van der Waals surface area contributed by atoms with Crippen LogP contribution in [-0.4, -0.2) is 13.4 Å². The molecule has 0 bridgehead atoms. The highest BCUT2D eigenvalue weighted by Crippen LogP contribution is 2.27. The summed E-state index contributed by atoms with van der Waals surface area (Å²) in [7, 11) is -3.77. The Balaban J connectivity index is 2.28. The van der Waals surface area contributed by atoms with Crippen molar-refractivity contribution in [1.29, 1.82) is 0 Å². The highest BCUT2D eigenvalue weighted by molar-refractivity contribution is 7.90. The van der Waals surface area contributed by atoms with Crippen LogP contribution in [0, 0.1) is 6.92 Å². The van der Waals surface area contributed by atoms with Crippen LogP contribution in [0.25, 0.3) is 21.8 Å². The van der Waals surface area contributed by atoms with Gasteiger partial charge in [-0.3, -0.25) is 4.72 Å². The quantitative estimate of drug-likeness (QED) is 0.709. The zero-order valence-corrected chi connectivity index (χ0v) is 11.6. The molecule has 0 radical (unpaired) electrons. The number of aryl methyl sites for hydroxylation is 1. The third-order valence-corrected chi connectivity index (χ3v) is 3.73. The minimum Gasteiger partial charge on any atom is -0.271 e. The Morgan fingerprint density at radius 2 is 1.75 bits per heavy atom. The summed E-state index contributed by atoms with van der Waals surface area (Å²) < 4.78 is 24.4. The molecule has 102 valence electrons. The number of para-hydroxylation sites is 1. The lowest BCUT2D eigenvalue weighted by molar-refractivity contribution is 0.603. The van der Waals surface area contributed by atoms with Gasteiger partial charge in [0.25, 0.3) is 10.2 Å². The maximum atomic E-state index is 11.1. The van der Waals surface area contributed by atoms with Crippen molar-refractivity contribution in [3.63, 3.8) is 0 Å². The van der Waals surface area contributed by atoms with Gasteiger partial charge < -0.3 is 0 Å². The van der Waals surface area contributed by atoms with Gasteiger partial charge in [0, 0.05) is 10.8 Å². The second-order valence-corrected chi connectivity index (χ2v) is 5.93. The Labute approximate surface area is 116 Å². The molecule has 3 aromatic rings. The predicted octanol–water partition coefficient (Wildman–Crippen LogP) is 2.31. The molecule has 20 heavy (non-hydrogen) atoms. The normalized spacial score (nSPS) is 11.9. The lowest BCUT2D eigenvalue weighted by atomic mass is 10.0. The number of hydrogen-bond donors (Lipinski definition) is 2. The summed E-state index contributed by atoms with van der Waals surface area (Å²) in [5.74, 6) is 0. The minimum absolute atomic E-state index is 0.431. The van der Waals surface area contributed by atoms with Crippen LogP contribution < -0.4 is 9.86 Å². The zero-order valence-electron chi connectivity index (χ0n) is 10.8. The third kappa shape index (κ3) is 2.31. The molecule has 6 heteroatoms. The number of aromatic nitrogens is 1. The van der Waals surface area contributed by atoms with Gasteiger partial charge in [-0.2, -0.15) is 8.42 Å². The van der Waals surface area contributed by atoms with E-state index in [1.165, 1.54) is 0 Å². The zero-order chi connectivity index (χ0) is 14.3. The molecule has 0 aliphatic carbocycles. The molecule has 0 aliphatic rings. The SMILES string of the molecule is Cc1c2ccccc2nc2ccc(NS(N)(=O)=O)cc12. The fourth-order valence-corrected chi connectivity index (χ4v) is 2.78. The second kappa shape index (κ2) is 4.43. The number of hydrogen-bond acceptors (Lipinski definition) is 3. The van der Waals surface area contributed by atoms with Crippen LogP contribution in [0.2, 0.25) is 0 Å². The maximum absolute atomic E-state index is 11.1. The predicted molar refractivity (Wildman–Crippen MR) is 80.7 cm³/mol. The smallest absolute Gasteiger partial charge is 0.271 e. The van der Waals surface area contributed by atoms with Crippen LogP contribution in [0.4, 0.5) is 5.69 Å². The van der Waals surface area contributed by atoms with Crippen molar-refractivity contribution in [2.24, 2.45) is 5.14 Å². The maximum Gasteiger partial charge on any atom is 0.296 e. The van der Waals surface area contributed by atoms with E-state index in [-0.39, 0.29) is 0 Å². The molecule has 3 rings (SSSR count). The first kappa shape index (κ1) is 12.8. The molecular weight excluding hydrogens is 274 g/mol. The molecule has 5 nitrogen and oxygen atoms in total. The molecule has 0 saturated carbocycles. The molecule has 3 N–H and O–H groups in total. The molecule has 0 saturated heterocycles. The molecule has 0 unspecified atom stereocenters. The molecular formula is C14H13N3O2S. The van der Waals surface area contributed by atoms with E-state index in [1.54, 1.807) is 18.2 Å². The summed E-state index contributed by atoms with van der Waals surface area (Å²) in [4.78, 5) is 4.57. The van der Waals surface area contributed by atoms with Gasteiger partial charge in [-0.25, -0.2) is 10.1 Å². The lowest BCUT2D eigenvalue weighted by Crippen LogP contribution is -2.21. The van der Waals surface area contributed by atoms with Crippen molar-refractivity contribution < 1.29 is 8.42 Å². The van der Waals surface area contributed by atoms with Crippen molar-refractivity contribution in [3.05, 3.63) is 48.0 Å². The molecule has 0 amide bonds. The van der Waals surface area contributed by atoms with Gasteiger partial charge >= 0.3 is 0 Å². The largest absolute Gasteiger partial charge is 0.296 e. The Bertz CT molecular complexity index is 920. The number of anilines is 1. The van der Waals surface area contributed by atoms with E-state index in [2.05, 4.69) is 9.71 Å². The molecule has 0 fully saturated rings. The van der Waals surface area contributed by atoms with Gasteiger partial charge in [-0.1, -0.05) is 18.2 Å². The summed E-state index contributed by atoms with van der Waals surface area (Å²) in [6, 6.07) is 13.0. The van der Waals surface area contributed by atoms with Crippen LogP contribution in [0.15, 0.2) is 42.5 Å². The topological polar surface area (TPSA) is 85.1 Å². The van der Waals surface area contributed by atoms with Crippen molar-refractivity contribution >= 4 is 37.7 Å². The monoisotopic (exact) mass is 287 g/mol. The summed E-state index contributed by atoms with van der Waals surface area (Å²) in [6.45, 7) is 1.99. The molecule has 2 aromatic carbocycles. The minimum atomic E-state index is -3.77. The van der Waals surface area contributed by atoms with Gasteiger partial charge in [0.05, 0.1) is 16.7 Å². The second-order valence-electron chi connectivity index (χ2n) is 4.63. The Morgan fingerprint density at radius 1 is 1.05 bits per heavy atom. The van der Waals surface area contributed by atoms with Crippen LogP contribution in [0.5, 0.6) is 0 Å². The van der Waals surface area contributed by atoms with E-state index in [9.17, 15) is 8.42 Å². The summed E-state index contributed by atoms with van der Waals surface area (Å²) in [5.41, 5.74) is 3.23. The van der Waals surface area contributed by atoms with Gasteiger partial charge in [0.2, 0.25) is 0 Å². The average Bonchev–Trinajstić information content (AvgIpc) is 2.38. The van der Waals surface area contributed by atoms with E-state index in [4.69, 9.17) is 5.14 Å². The Morgan fingerprint density at radius 3 is 2.50 bits per heavy atom. The molecule has 0 aliphatic heterocycles.